The molecule has 5 aliphatic rings. The van der Waals surface area contributed by atoms with E-state index < -0.39 is 5.79 Å². The molecule has 20 heavy (non-hydrogen) atoms. The van der Waals surface area contributed by atoms with E-state index in [1.54, 1.807) is 0 Å². The molecule has 4 nitrogen and oxygen atoms in total. The molecule has 2 saturated carbocycles. The van der Waals surface area contributed by atoms with Crippen LogP contribution in [0.5, 0.6) is 0 Å². The summed E-state index contributed by atoms with van der Waals surface area (Å²) in [5.74, 6) is -0.146. The van der Waals surface area contributed by atoms with E-state index in [0.717, 1.165) is 45.3 Å². The van der Waals surface area contributed by atoms with Gasteiger partial charge in [-0.15, -0.1) is 0 Å². The minimum absolute atomic E-state index is 0.0361. The van der Waals surface area contributed by atoms with E-state index in [1.165, 1.54) is 6.42 Å². The average molecular weight is 282 g/mol. The molecule has 3 saturated heterocycles. The topological polar surface area (TPSA) is 47.9 Å². The van der Waals surface area contributed by atoms with Crippen LogP contribution in [0.2, 0.25) is 0 Å². The fourth-order valence-electron chi connectivity index (χ4n) is 5.42. The summed E-state index contributed by atoms with van der Waals surface area (Å²) in [6.07, 6.45) is 6.10. The van der Waals surface area contributed by atoms with Crippen molar-refractivity contribution in [3.05, 3.63) is 0 Å². The molecule has 5 unspecified atom stereocenters. The van der Waals surface area contributed by atoms with Gasteiger partial charge in [0, 0.05) is 12.3 Å². The molecule has 4 bridgehead atoms. The molecule has 0 spiro atoms. The summed E-state index contributed by atoms with van der Waals surface area (Å²) >= 11 is 0. The third kappa shape index (κ3) is 1.75. The number of aliphatic hydroxyl groups is 1. The van der Waals surface area contributed by atoms with Crippen molar-refractivity contribution in [2.24, 2.45) is 17.3 Å². The fourth-order valence-corrected chi connectivity index (χ4v) is 5.42. The van der Waals surface area contributed by atoms with Crippen LogP contribution in [-0.2, 0) is 14.2 Å². The number of hydrogen-bond donors (Lipinski definition) is 1. The molecule has 5 rings (SSSR count). The fraction of sp³-hybridized carbons (Fsp3) is 1.00. The highest BCUT2D eigenvalue weighted by molar-refractivity contribution is 5.17. The van der Waals surface area contributed by atoms with Gasteiger partial charge in [-0.05, 0) is 50.4 Å². The highest BCUT2D eigenvalue weighted by atomic mass is 16.7. The van der Waals surface area contributed by atoms with Crippen molar-refractivity contribution in [1.82, 2.24) is 0 Å². The summed E-state index contributed by atoms with van der Waals surface area (Å²) in [5, 5.41) is 10.8. The van der Waals surface area contributed by atoms with Crippen LogP contribution in [0.25, 0.3) is 0 Å². The number of hydrogen-bond acceptors (Lipinski definition) is 4. The standard InChI is InChI=1S/C16H26O4/c1-11-15(5-4-13-18-6-3-7-19-13)8-12-9-16(11,17)20-14(12,2)10-15/h11-13,17H,3-10H2,1-2H3. The van der Waals surface area contributed by atoms with Crippen molar-refractivity contribution in [3.8, 4) is 0 Å². The average Bonchev–Trinajstić information content (AvgIpc) is 2.78. The lowest BCUT2D eigenvalue weighted by molar-refractivity contribution is -0.299. The second-order valence-corrected chi connectivity index (χ2v) is 7.69. The van der Waals surface area contributed by atoms with Crippen molar-refractivity contribution < 1.29 is 19.3 Å². The Morgan fingerprint density at radius 2 is 1.95 bits per heavy atom. The Kier molecular flexibility index (Phi) is 2.83. The van der Waals surface area contributed by atoms with Gasteiger partial charge in [-0.1, -0.05) is 6.92 Å². The maximum Gasteiger partial charge on any atom is 0.169 e. The van der Waals surface area contributed by atoms with Crippen molar-refractivity contribution in [1.29, 1.82) is 0 Å². The van der Waals surface area contributed by atoms with Crippen LogP contribution in [0.3, 0.4) is 0 Å². The lowest BCUT2D eigenvalue weighted by Gasteiger charge is -2.50. The van der Waals surface area contributed by atoms with Gasteiger partial charge in [-0.25, -0.2) is 0 Å². The minimum atomic E-state index is -0.885. The molecule has 0 aromatic rings. The summed E-state index contributed by atoms with van der Waals surface area (Å²) in [6, 6.07) is 0. The SMILES string of the molecule is CC1C2(CCC3OCCCO3)CC3CC1(O)OC3(C)C2. The first kappa shape index (κ1) is 13.5. The molecule has 4 heteroatoms. The second kappa shape index (κ2) is 4.19. The second-order valence-electron chi connectivity index (χ2n) is 7.69. The monoisotopic (exact) mass is 282 g/mol. The zero-order valence-electron chi connectivity index (χ0n) is 12.6. The van der Waals surface area contributed by atoms with E-state index in [4.69, 9.17) is 14.2 Å². The summed E-state index contributed by atoms with van der Waals surface area (Å²) in [5.41, 5.74) is 0.115. The van der Waals surface area contributed by atoms with E-state index in [2.05, 4.69) is 13.8 Å². The maximum atomic E-state index is 10.8. The third-order valence-electron chi connectivity index (χ3n) is 6.54. The van der Waals surface area contributed by atoms with Crippen LogP contribution in [0.15, 0.2) is 0 Å². The molecule has 5 atom stereocenters. The quantitative estimate of drug-likeness (QED) is 0.863. The third-order valence-corrected chi connectivity index (χ3v) is 6.54. The largest absolute Gasteiger partial charge is 0.365 e. The molecule has 114 valence electrons. The first-order valence-corrected chi connectivity index (χ1v) is 8.12. The highest BCUT2D eigenvalue weighted by Crippen LogP contribution is 2.70. The smallest absolute Gasteiger partial charge is 0.169 e. The summed E-state index contributed by atoms with van der Waals surface area (Å²) < 4.78 is 17.4. The summed E-state index contributed by atoms with van der Waals surface area (Å²) in [6.45, 7) is 6.00. The Morgan fingerprint density at radius 1 is 1.20 bits per heavy atom. The van der Waals surface area contributed by atoms with E-state index in [-0.39, 0.29) is 23.2 Å². The molecule has 3 heterocycles. The Balaban J connectivity index is 1.49. The van der Waals surface area contributed by atoms with Crippen LogP contribution >= 0.6 is 0 Å². The van der Waals surface area contributed by atoms with Gasteiger partial charge >= 0.3 is 0 Å². The van der Waals surface area contributed by atoms with E-state index in [0.29, 0.717) is 5.92 Å². The van der Waals surface area contributed by atoms with Gasteiger partial charge in [-0.2, -0.15) is 0 Å². The van der Waals surface area contributed by atoms with Crippen LogP contribution in [0.4, 0.5) is 0 Å². The Morgan fingerprint density at radius 3 is 2.65 bits per heavy atom. The van der Waals surface area contributed by atoms with E-state index in [1.807, 2.05) is 0 Å². The minimum Gasteiger partial charge on any atom is -0.365 e. The van der Waals surface area contributed by atoms with Crippen molar-refractivity contribution in [3.63, 3.8) is 0 Å². The maximum absolute atomic E-state index is 10.8. The predicted molar refractivity (Wildman–Crippen MR) is 72.9 cm³/mol. The summed E-state index contributed by atoms with van der Waals surface area (Å²) in [7, 11) is 0. The molecule has 3 aliphatic heterocycles. The van der Waals surface area contributed by atoms with E-state index in [9.17, 15) is 5.11 Å². The zero-order chi connectivity index (χ0) is 14.0. The normalized spacial score (nSPS) is 54.8. The predicted octanol–water partition coefficient (Wildman–Crippen LogP) is 2.44. The highest BCUT2D eigenvalue weighted by Gasteiger charge is 2.71. The zero-order valence-corrected chi connectivity index (χ0v) is 12.6. The van der Waals surface area contributed by atoms with Gasteiger partial charge in [0.1, 0.15) is 0 Å². The van der Waals surface area contributed by atoms with Gasteiger partial charge in [0.15, 0.2) is 12.1 Å². The van der Waals surface area contributed by atoms with Crippen LogP contribution in [0, 0.1) is 17.3 Å². The lowest BCUT2D eigenvalue weighted by atomic mass is 9.63. The van der Waals surface area contributed by atoms with Gasteiger partial charge in [0.05, 0.1) is 18.8 Å². The molecule has 0 radical (unpaired) electrons. The van der Waals surface area contributed by atoms with Gasteiger partial charge in [-0.3, -0.25) is 0 Å². The number of rotatable bonds is 3. The summed E-state index contributed by atoms with van der Waals surface area (Å²) in [4.78, 5) is 0. The first-order chi connectivity index (χ1) is 9.46. The van der Waals surface area contributed by atoms with Gasteiger partial charge in [0.2, 0.25) is 0 Å². The van der Waals surface area contributed by atoms with Crippen LogP contribution < -0.4 is 0 Å². The van der Waals surface area contributed by atoms with Gasteiger partial charge in [0.25, 0.3) is 0 Å². The van der Waals surface area contributed by atoms with Crippen molar-refractivity contribution >= 4 is 0 Å². The first-order valence-electron chi connectivity index (χ1n) is 8.12. The molecular weight excluding hydrogens is 256 g/mol. The van der Waals surface area contributed by atoms with Crippen molar-refractivity contribution in [2.45, 2.75) is 70.1 Å². The molecule has 1 N–H and O–H groups in total. The Bertz CT molecular complexity index is 407. The molecule has 0 aromatic carbocycles. The van der Waals surface area contributed by atoms with Crippen molar-refractivity contribution in [2.75, 3.05) is 13.2 Å². The Hall–Kier alpha value is -0.160. The lowest BCUT2D eigenvalue weighted by Crippen LogP contribution is -2.53. The van der Waals surface area contributed by atoms with Gasteiger partial charge < -0.3 is 19.3 Å². The van der Waals surface area contributed by atoms with Crippen LogP contribution in [-0.4, -0.2) is 36.0 Å². The van der Waals surface area contributed by atoms with Crippen LogP contribution in [0.1, 0.15) is 52.4 Å². The molecule has 5 fully saturated rings. The molecule has 0 aromatic heterocycles. The number of ether oxygens (including phenoxy) is 3. The Labute approximate surface area is 120 Å². The molecule has 2 aliphatic carbocycles. The van der Waals surface area contributed by atoms with E-state index >= 15 is 0 Å². The molecular formula is C16H26O4. The molecule has 0 amide bonds.